The first kappa shape index (κ1) is 14.2. The number of hydrogen-bond acceptors (Lipinski definition) is 4. The van der Waals surface area contributed by atoms with Crippen LogP contribution in [0.3, 0.4) is 0 Å². The molecule has 0 unspecified atom stereocenters. The number of nitrogens with two attached hydrogens (primary N) is 1. The molecule has 1 aliphatic carbocycles. The summed E-state index contributed by atoms with van der Waals surface area (Å²) in [5.74, 6) is 0.276. The van der Waals surface area contributed by atoms with E-state index in [0.717, 1.165) is 19.3 Å². The van der Waals surface area contributed by atoms with Gasteiger partial charge in [0.2, 0.25) is 0 Å². The van der Waals surface area contributed by atoms with E-state index in [1.54, 1.807) is 0 Å². The van der Waals surface area contributed by atoms with E-state index in [4.69, 9.17) is 10.5 Å². The Hall–Kier alpha value is -0.210. The van der Waals surface area contributed by atoms with Crippen molar-refractivity contribution in [3.63, 3.8) is 0 Å². The topological polar surface area (TPSA) is 84.7 Å². The Morgan fingerprint density at radius 1 is 1.44 bits per heavy atom. The van der Waals surface area contributed by atoms with Crippen LogP contribution in [0.1, 0.15) is 26.2 Å². The highest BCUT2D eigenvalue weighted by Crippen LogP contribution is 2.25. The smallest absolute Gasteiger partial charge is 0.279 e. The quantitative estimate of drug-likeness (QED) is 0.737. The summed E-state index contributed by atoms with van der Waals surface area (Å²) in [7, 11) is -3.39. The van der Waals surface area contributed by atoms with Gasteiger partial charge in [-0.05, 0) is 32.2 Å². The second kappa shape index (κ2) is 5.83. The minimum Gasteiger partial charge on any atom is -0.376 e. The zero-order valence-corrected chi connectivity index (χ0v) is 11.7. The molecule has 0 amide bonds. The highest BCUT2D eigenvalue weighted by Gasteiger charge is 2.34. The van der Waals surface area contributed by atoms with Gasteiger partial charge in [0, 0.05) is 19.1 Å². The zero-order valence-electron chi connectivity index (χ0n) is 10.8. The Labute approximate surface area is 109 Å². The second-order valence-electron chi connectivity index (χ2n) is 5.20. The van der Waals surface area contributed by atoms with Crippen LogP contribution in [0.15, 0.2) is 0 Å². The summed E-state index contributed by atoms with van der Waals surface area (Å²) in [5.41, 5.74) is 5.68. The van der Waals surface area contributed by atoms with Gasteiger partial charge in [-0.3, -0.25) is 0 Å². The largest absolute Gasteiger partial charge is 0.376 e. The van der Waals surface area contributed by atoms with Gasteiger partial charge >= 0.3 is 0 Å². The molecule has 1 saturated heterocycles. The number of nitrogens with zero attached hydrogens (tertiary/aromatic N) is 1. The van der Waals surface area contributed by atoms with E-state index >= 15 is 0 Å². The third-order valence-corrected chi connectivity index (χ3v) is 5.42. The Bertz CT molecular complexity index is 374. The van der Waals surface area contributed by atoms with Gasteiger partial charge in [0.15, 0.2) is 0 Å². The number of ether oxygens (including phenoxy) is 1. The molecule has 0 radical (unpaired) electrons. The summed E-state index contributed by atoms with van der Waals surface area (Å²) in [4.78, 5) is 0. The molecule has 2 aliphatic rings. The summed E-state index contributed by atoms with van der Waals surface area (Å²) in [5, 5.41) is 0. The third kappa shape index (κ3) is 3.21. The molecule has 1 saturated carbocycles. The lowest BCUT2D eigenvalue weighted by Crippen LogP contribution is -2.52. The van der Waals surface area contributed by atoms with Gasteiger partial charge in [-0.25, -0.2) is 0 Å². The maximum atomic E-state index is 12.3. The predicted octanol–water partition coefficient (Wildman–Crippen LogP) is -0.331. The van der Waals surface area contributed by atoms with Gasteiger partial charge in [-0.15, -0.1) is 0 Å². The average Bonchev–Trinajstić information content (AvgIpc) is 2.75. The van der Waals surface area contributed by atoms with E-state index in [2.05, 4.69) is 4.72 Å². The monoisotopic (exact) mass is 277 g/mol. The molecule has 18 heavy (non-hydrogen) atoms. The second-order valence-corrected chi connectivity index (χ2v) is 6.90. The minimum absolute atomic E-state index is 0.00171. The van der Waals surface area contributed by atoms with Gasteiger partial charge in [0.1, 0.15) is 0 Å². The van der Waals surface area contributed by atoms with Crippen molar-refractivity contribution in [3.05, 3.63) is 0 Å². The molecule has 3 N–H and O–H groups in total. The molecule has 1 aliphatic heterocycles. The van der Waals surface area contributed by atoms with E-state index in [-0.39, 0.29) is 18.1 Å². The lowest BCUT2D eigenvalue weighted by molar-refractivity contribution is 0.00961. The normalized spacial score (nSPS) is 34.9. The van der Waals surface area contributed by atoms with Crippen LogP contribution in [0.2, 0.25) is 0 Å². The van der Waals surface area contributed by atoms with Gasteiger partial charge in [0.25, 0.3) is 10.2 Å². The van der Waals surface area contributed by atoms with Crippen molar-refractivity contribution < 1.29 is 13.2 Å². The van der Waals surface area contributed by atoms with Crippen molar-refractivity contribution in [2.45, 2.75) is 38.3 Å². The Morgan fingerprint density at radius 3 is 2.89 bits per heavy atom. The zero-order chi connectivity index (χ0) is 13.2. The SMILES string of the molecule is C[C@@H]1CN(S(=O)(=O)N[C@H]2CCC[C@@H]2CN)CCO1. The Kier molecular flexibility index (Phi) is 4.60. The van der Waals surface area contributed by atoms with Gasteiger partial charge < -0.3 is 10.5 Å². The molecule has 2 fully saturated rings. The molecule has 0 aromatic carbocycles. The van der Waals surface area contributed by atoms with Crippen molar-refractivity contribution in [3.8, 4) is 0 Å². The molecule has 1 heterocycles. The summed E-state index contributed by atoms with van der Waals surface area (Å²) >= 11 is 0. The van der Waals surface area contributed by atoms with Crippen LogP contribution in [0, 0.1) is 5.92 Å². The van der Waals surface area contributed by atoms with Gasteiger partial charge in [-0.1, -0.05) is 6.42 Å². The van der Waals surface area contributed by atoms with Crippen LogP contribution in [0.4, 0.5) is 0 Å². The van der Waals surface area contributed by atoms with E-state index in [1.807, 2.05) is 6.92 Å². The fraction of sp³-hybridized carbons (Fsp3) is 1.00. The van der Waals surface area contributed by atoms with Crippen LogP contribution < -0.4 is 10.5 Å². The first-order chi connectivity index (χ1) is 8.53. The summed E-state index contributed by atoms with van der Waals surface area (Å²) in [6.45, 7) is 3.76. The highest BCUT2D eigenvalue weighted by atomic mass is 32.2. The van der Waals surface area contributed by atoms with E-state index < -0.39 is 10.2 Å². The van der Waals surface area contributed by atoms with Crippen LogP contribution in [-0.2, 0) is 14.9 Å². The molecule has 106 valence electrons. The van der Waals surface area contributed by atoms with Crippen molar-refractivity contribution >= 4 is 10.2 Å². The van der Waals surface area contributed by atoms with Crippen molar-refractivity contribution in [2.75, 3.05) is 26.2 Å². The molecule has 0 spiro atoms. The first-order valence-corrected chi connectivity index (χ1v) is 8.06. The maximum Gasteiger partial charge on any atom is 0.279 e. The highest BCUT2D eigenvalue weighted by molar-refractivity contribution is 7.87. The summed E-state index contributed by atoms with van der Waals surface area (Å²) in [6, 6.07) is -0.00171. The lowest BCUT2D eigenvalue weighted by Gasteiger charge is -2.32. The number of morpholine rings is 1. The summed E-state index contributed by atoms with van der Waals surface area (Å²) in [6.07, 6.45) is 2.92. The molecular formula is C11H23N3O3S. The average molecular weight is 277 g/mol. The van der Waals surface area contributed by atoms with Crippen molar-refractivity contribution in [1.29, 1.82) is 0 Å². The standard InChI is InChI=1S/C11H23N3O3S/c1-9-8-14(5-6-17-9)18(15,16)13-11-4-2-3-10(11)7-12/h9-11,13H,2-8,12H2,1H3/t9-,10-,11+/m1/s1. The van der Waals surface area contributed by atoms with Crippen molar-refractivity contribution in [1.82, 2.24) is 9.03 Å². The molecule has 3 atom stereocenters. The van der Waals surface area contributed by atoms with E-state index in [1.165, 1.54) is 4.31 Å². The molecule has 0 aromatic heterocycles. The molecule has 0 bridgehead atoms. The minimum atomic E-state index is -3.39. The molecule has 2 rings (SSSR count). The van der Waals surface area contributed by atoms with Gasteiger partial charge in [-0.2, -0.15) is 17.4 Å². The van der Waals surface area contributed by atoms with E-state index in [9.17, 15) is 8.42 Å². The van der Waals surface area contributed by atoms with Crippen molar-refractivity contribution in [2.24, 2.45) is 11.7 Å². The van der Waals surface area contributed by atoms with Crippen LogP contribution in [-0.4, -0.2) is 51.1 Å². The first-order valence-electron chi connectivity index (χ1n) is 6.62. The number of nitrogens with one attached hydrogen (secondary N) is 1. The fourth-order valence-electron chi connectivity index (χ4n) is 2.74. The number of hydrogen-bond donors (Lipinski definition) is 2. The summed E-state index contributed by atoms with van der Waals surface area (Å²) < 4.78 is 34.2. The maximum absolute atomic E-state index is 12.3. The fourth-order valence-corrected chi connectivity index (χ4v) is 4.31. The Balaban J connectivity index is 1.98. The van der Waals surface area contributed by atoms with E-state index in [0.29, 0.717) is 26.2 Å². The molecule has 0 aromatic rings. The van der Waals surface area contributed by atoms with Crippen LogP contribution >= 0.6 is 0 Å². The lowest BCUT2D eigenvalue weighted by atomic mass is 10.1. The predicted molar refractivity (Wildman–Crippen MR) is 69.2 cm³/mol. The van der Waals surface area contributed by atoms with Crippen LogP contribution in [0.5, 0.6) is 0 Å². The third-order valence-electron chi connectivity index (χ3n) is 3.81. The molecule has 6 nitrogen and oxygen atoms in total. The molecule has 7 heteroatoms. The molecular weight excluding hydrogens is 254 g/mol. The Morgan fingerprint density at radius 2 is 2.22 bits per heavy atom. The van der Waals surface area contributed by atoms with Crippen LogP contribution in [0.25, 0.3) is 0 Å². The van der Waals surface area contributed by atoms with Gasteiger partial charge in [0.05, 0.1) is 12.7 Å². The number of rotatable bonds is 4.